The molecule has 1 saturated carbocycles. The number of nitrogens with one attached hydrogen (secondary N) is 1. The van der Waals surface area contributed by atoms with Gasteiger partial charge >= 0.3 is 0 Å². The third kappa shape index (κ3) is 3.70. The molecular formula is C14H19NOS. The lowest BCUT2D eigenvalue weighted by molar-refractivity contribution is -0.117. The summed E-state index contributed by atoms with van der Waals surface area (Å²) in [6.07, 6.45) is 8.43. The third-order valence-electron chi connectivity index (χ3n) is 3.38. The Morgan fingerprint density at radius 1 is 1.47 bits per heavy atom. The normalized spacial score (nSPS) is 25.0. The zero-order valence-electron chi connectivity index (χ0n) is 10.2. The average Bonchev–Trinajstić information content (AvgIpc) is 2.82. The van der Waals surface area contributed by atoms with Gasteiger partial charge in [0.05, 0.1) is 0 Å². The molecule has 1 aliphatic carbocycles. The molecule has 1 heterocycles. The summed E-state index contributed by atoms with van der Waals surface area (Å²) in [6, 6.07) is 4.37. The van der Waals surface area contributed by atoms with Crippen molar-refractivity contribution in [2.75, 3.05) is 0 Å². The fourth-order valence-corrected chi connectivity index (χ4v) is 2.92. The minimum atomic E-state index is 0.0390. The van der Waals surface area contributed by atoms with E-state index >= 15 is 0 Å². The first-order valence-corrected chi connectivity index (χ1v) is 7.16. The predicted octanol–water partition coefficient (Wildman–Crippen LogP) is 3.46. The SMILES string of the molecule is C[C@@H]1CCCC[C@@H]1NC(=O)/C=C\c1cccs1. The predicted molar refractivity (Wildman–Crippen MR) is 72.9 cm³/mol. The molecular weight excluding hydrogens is 230 g/mol. The fourth-order valence-electron chi connectivity index (χ4n) is 2.31. The van der Waals surface area contributed by atoms with Gasteiger partial charge in [-0.1, -0.05) is 25.8 Å². The monoisotopic (exact) mass is 249 g/mol. The van der Waals surface area contributed by atoms with Crippen LogP contribution in [-0.4, -0.2) is 11.9 Å². The van der Waals surface area contributed by atoms with E-state index in [0.29, 0.717) is 12.0 Å². The van der Waals surface area contributed by atoms with E-state index in [1.54, 1.807) is 17.4 Å². The number of thiophene rings is 1. The van der Waals surface area contributed by atoms with Crippen LogP contribution in [0.15, 0.2) is 23.6 Å². The summed E-state index contributed by atoms with van der Waals surface area (Å²) in [7, 11) is 0. The highest BCUT2D eigenvalue weighted by Gasteiger charge is 2.21. The lowest BCUT2D eigenvalue weighted by Gasteiger charge is -2.29. The molecule has 2 atom stereocenters. The Labute approximate surface area is 107 Å². The first kappa shape index (κ1) is 12.4. The highest BCUT2D eigenvalue weighted by molar-refractivity contribution is 7.10. The van der Waals surface area contributed by atoms with E-state index in [1.165, 1.54) is 19.3 Å². The van der Waals surface area contributed by atoms with Crippen molar-refractivity contribution in [2.24, 2.45) is 5.92 Å². The Bertz CT molecular complexity index is 383. The summed E-state index contributed by atoms with van der Waals surface area (Å²) >= 11 is 1.64. The van der Waals surface area contributed by atoms with Crippen LogP contribution < -0.4 is 5.32 Å². The van der Waals surface area contributed by atoms with Gasteiger partial charge in [-0.15, -0.1) is 11.3 Å². The molecule has 17 heavy (non-hydrogen) atoms. The molecule has 1 fully saturated rings. The van der Waals surface area contributed by atoms with E-state index in [1.807, 2.05) is 23.6 Å². The molecule has 0 unspecified atom stereocenters. The number of carbonyl (C=O) groups is 1. The Hall–Kier alpha value is -1.09. The Balaban J connectivity index is 1.84. The summed E-state index contributed by atoms with van der Waals surface area (Å²) in [5.74, 6) is 0.653. The standard InChI is InChI=1S/C14H19NOS/c1-11-5-2-3-7-13(11)15-14(16)9-8-12-6-4-10-17-12/h4,6,8-11,13H,2-3,5,7H2,1H3,(H,15,16)/b9-8-/t11-,13+/m1/s1. The molecule has 1 amide bonds. The molecule has 2 nitrogen and oxygen atoms in total. The minimum absolute atomic E-state index is 0.0390. The molecule has 1 N–H and O–H groups in total. The van der Waals surface area contributed by atoms with Crippen molar-refractivity contribution < 1.29 is 4.79 Å². The maximum atomic E-state index is 11.8. The second-order valence-electron chi connectivity index (χ2n) is 4.73. The number of hydrogen-bond donors (Lipinski definition) is 1. The first-order valence-electron chi connectivity index (χ1n) is 6.28. The van der Waals surface area contributed by atoms with Crippen LogP contribution in [0, 0.1) is 5.92 Å². The summed E-state index contributed by atoms with van der Waals surface area (Å²) in [5, 5.41) is 5.12. The van der Waals surface area contributed by atoms with Crippen molar-refractivity contribution in [1.29, 1.82) is 0 Å². The molecule has 0 bridgehead atoms. The van der Waals surface area contributed by atoms with Gasteiger partial charge < -0.3 is 5.32 Å². The number of hydrogen-bond acceptors (Lipinski definition) is 2. The van der Waals surface area contributed by atoms with Gasteiger partial charge in [-0.05, 0) is 36.3 Å². The first-order chi connectivity index (χ1) is 8.25. The quantitative estimate of drug-likeness (QED) is 0.817. The molecule has 2 rings (SSSR count). The van der Waals surface area contributed by atoms with Crippen LogP contribution in [0.1, 0.15) is 37.5 Å². The summed E-state index contributed by atoms with van der Waals surface area (Å²) in [5.41, 5.74) is 0. The highest BCUT2D eigenvalue weighted by Crippen LogP contribution is 2.23. The van der Waals surface area contributed by atoms with Crippen molar-refractivity contribution >= 4 is 23.3 Å². The maximum absolute atomic E-state index is 11.8. The summed E-state index contributed by atoms with van der Waals surface area (Å²) in [4.78, 5) is 12.9. The summed E-state index contributed by atoms with van der Waals surface area (Å²) in [6.45, 7) is 2.23. The molecule has 0 saturated heterocycles. The lowest BCUT2D eigenvalue weighted by Crippen LogP contribution is -2.40. The van der Waals surface area contributed by atoms with Gasteiger partial charge in [0.25, 0.3) is 0 Å². The van der Waals surface area contributed by atoms with Gasteiger partial charge in [0.1, 0.15) is 0 Å². The van der Waals surface area contributed by atoms with Crippen LogP contribution in [0.4, 0.5) is 0 Å². The van der Waals surface area contributed by atoms with Gasteiger partial charge in [-0.2, -0.15) is 0 Å². The minimum Gasteiger partial charge on any atom is -0.350 e. The van der Waals surface area contributed by atoms with E-state index in [4.69, 9.17) is 0 Å². The van der Waals surface area contributed by atoms with E-state index in [-0.39, 0.29) is 5.91 Å². The van der Waals surface area contributed by atoms with Gasteiger partial charge in [0, 0.05) is 17.0 Å². The van der Waals surface area contributed by atoms with E-state index in [2.05, 4.69) is 12.2 Å². The lowest BCUT2D eigenvalue weighted by atomic mass is 9.86. The largest absolute Gasteiger partial charge is 0.350 e. The number of carbonyl (C=O) groups excluding carboxylic acids is 1. The van der Waals surface area contributed by atoms with Crippen LogP contribution >= 0.6 is 11.3 Å². The molecule has 0 aliphatic heterocycles. The van der Waals surface area contributed by atoms with Gasteiger partial charge in [-0.25, -0.2) is 0 Å². The van der Waals surface area contributed by atoms with E-state index in [9.17, 15) is 4.79 Å². The zero-order valence-corrected chi connectivity index (χ0v) is 11.0. The highest BCUT2D eigenvalue weighted by atomic mass is 32.1. The van der Waals surface area contributed by atoms with Crippen molar-refractivity contribution in [3.05, 3.63) is 28.5 Å². The van der Waals surface area contributed by atoms with E-state index < -0.39 is 0 Å². The zero-order chi connectivity index (χ0) is 12.1. The molecule has 0 aromatic carbocycles. The van der Waals surface area contributed by atoms with Crippen LogP contribution in [0.2, 0.25) is 0 Å². The van der Waals surface area contributed by atoms with Crippen LogP contribution in [0.3, 0.4) is 0 Å². The molecule has 1 aromatic rings. The van der Waals surface area contributed by atoms with Gasteiger partial charge in [0.15, 0.2) is 0 Å². The maximum Gasteiger partial charge on any atom is 0.244 e. The fraction of sp³-hybridized carbons (Fsp3) is 0.500. The summed E-state index contributed by atoms with van der Waals surface area (Å²) < 4.78 is 0. The van der Waals surface area contributed by atoms with Crippen LogP contribution in [0.25, 0.3) is 6.08 Å². The van der Waals surface area contributed by atoms with Crippen molar-refractivity contribution in [2.45, 2.75) is 38.6 Å². The molecule has 1 aliphatic rings. The van der Waals surface area contributed by atoms with Crippen LogP contribution in [0.5, 0.6) is 0 Å². The topological polar surface area (TPSA) is 29.1 Å². The number of rotatable bonds is 3. The third-order valence-corrected chi connectivity index (χ3v) is 4.22. The van der Waals surface area contributed by atoms with Crippen molar-refractivity contribution in [3.8, 4) is 0 Å². The molecule has 92 valence electrons. The Morgan fingerprint density at radius 3 is 3.00 bits per heavy atom. The van der Waals surface area contributed by atoms with Gasteiger partial charge in [0.2, 0.25) is 5.91 Å². The van der Waals surface area contributed by atoms with Crippen molar-refractivity contribution in [3.63, 3.8) is 0 Å². The van der Waals surface area contributed by atoms with Crippen molar-refractivity contribution in [1.82, 2.24) is 5.32 Å². The second-order valence-corrected chi connectivity index (χ2v) is 5.70. The van der Waals surface area contributed by atoms with E-state index in [0.717, 1.165) is 11.3 Å². The van der Waals surface area contributed by atoms with Crippen LogP contribution in [-0.2, 0) is 4.79 Å². The molecule has 3 heteroatoms. The molecule has 1 aromatic heterocycles. The average molecular weight is 249 g/mol. The number of amides is 1. The second kappa shape index (κ2) is 6.01. The Morgan fingerprint density at radius 2 is 2.29 bits per heavy atom. The molecule has 0 radical (unpaired) electrons. The Kier molecular flexibility index (Phi) is 4.37. The smallest absolute Gasteiger partial charge is 0.244 e. The molecule has 0 spiro atoms. The van der Waals surface area contributed by atoms with Gasteiger partial charge in [-0.3, -0.25) is 4.79 Å².